The topological polar surface area (TPSA) is 28.2 Å². The summed E-state index contributed by atoms with van der Waals surface area (Å²) < 4.78 is 0. The Labute approximate surface area is 121 Å². The lowest BCUT2D eigenvalue weighted by Crippen LogP contribution is -2.23. The van der Waals surface area contributed by atoms with E-state index in [4.69, 9.17) is 4.98 Å². The zero-order chi connectivity index (χ0) is 13.5. The highest BCUT2D eigenvalue weighted by Gasteiger charge is 2.36. The third kappa shape index (κ3) is 2.44. The fourth-order valence-electron chi connectivity index (χ4n) is 4.01. The number of hydrogen-bond acceptors (Lipinski definition) is 3. The molecule has 2 heterocycles. The third-order valence-corrected chi connectivity index (χ3v) is 5.31. The van der Waals surface area contributed by atoms with Crippen molar-refractivity contribution in [2.24, 2.45) is 11.8 Å². The van der Waals surface area contributed by atoms with Gasteiger partial charge in [-0.25, -0.2) is 4.98 Å². The maximum absolute atomic E-state index is 4.77. The minimum atomic E-state index is 0.771. The van der Waals surface area contributed by atoms with Crippen LogP contribution in [-0.4, -0.2) is 24.1 Å². The largest absolute Gasteiger partial charge is 0.356 e. The molecule has 2 saturated carbocycles. The van der Waals surface area contributed by atoms with E-state index < -0.39 is 0 Å². The van der Waals surface area contributed by atoms with Crippen molar-refractivity contribution < 1.29 is 0 Å². The number of aryl methyl sites for hydroxylation is 1. The van der Waals surface area contributed by atoms with Crippen molar-refractivity contribution in [1.29, 1.82) is 0 Å². The minimum absolute atomic E-state index is 0.771. The molecule has 3 nitrogen and oxygen atoms in total. The number of pyridine rings is 1. The molecule has 108 valence electrons. The summed E-state index contributed by atoms with van der Waals surface area (Å²) in [7, 11) is 0. The summed E-state index contributed by atoms with van der Waals surface area (Å²) in [4.78, 5) is 7.30. The van der Waals surface area contributed by atoms with Crippen LogP contribution in [0.5, 0.6) is 0 Å². The standard InChI is InChI=1S/C17H25N3/c1-12-7-13(8-18-16-5-6-16)9-19-17(12)20-10-14-3-2-4-15(14)11-20/h7,9,14-16,18H,2-6,8,10-11H2,1H3. The molecule has 3 fully saturated rings. The first-order chi connectivity index (χ1) is 9.79. The van der Waals surface area contributed by atoms with Gasteiger partial charge in [0.15, 0.2) is 0 Å². The van der Waals surface area contributed by atoms with E-state index in [0.717, 1.165) is 24.4 Å². The molecular formula is C17H25N3. The lowest BCUT2D eigenvalue weighted by atomic mass is 10.0. The molecule has 3 heteroatoms. The van der Waals surface area contributed by atoms with Crippen molar-refractivity contribution in [3.63, 3.8) is 0 Å². The molecule has 0 aromatic carbocycles. The quantitative estimate of drug-likeness (QED) is 0.912. The van der Waals surface area contributed by atoms with Crippen LogP contribution < -0.4 is 10.2 Å². The van der Waals surface area contributed by atoms with Crippen LogP contribution in [0.25, 0.3) is 0 Å². The number of nitrogens with one attached hydrogen (secondary N) is 1. The molecule has 1 aliphatic heterocycles. The Morgan fingerprint density at radius 1 is 1.20 bits per heavy atom. The smallest absolute Gasteiger partial charge is 0.131 e. The van der Waals surface area contributed by atoms with Gasteiger partial charge < -0.3 is 10.2 Å². The van der Waals surface area contributed by atoms with Crippen molar-refractivity contribution in [2.45, 2.75) is 51.6 Å². The van der Waals surface area contributed by atoms with Gasteiger partial charge in [0.05, 0.1) is 0 Å². The molecule has 0 spiro atoms. The van der Waals surface area contributed by atoms with E-state index in [9.17, 15) is 0 Å². The average molecular weight is 271 g/mol. The fraction of sp³-hybridized carbons (Fsp3) is 0.706. The maximum atomic E-state index is 4.77. The normalized spacial score (nSPS) is 28.9. The van der Waals surface area contributed by atoms with Crippen molar-refractivity contribution >= 4 is 5.82 Å². The van der Waals surface area contributed by atoms with E-state index in [0.29, 0.717) is 0 Å². The van der Waals surface area contributed by atoms with Crippen molar-refractivity contribution in [3.05, 3.63) is 23.4 Å². The highest BCUT2D eigenvalue weighted by atomic mass is 15.2. The average Bonchev–Trinajstić information content (AvgIpc) is 3.02. The van der Waals surface area contributed by atoms with E-state index in [1.807, 2.05) is 0 Å². The SMILES string of the molecule is Cc1cc(CNC2CC2)cnc1N1CC2CCCC2C1. The summed E-state index contributed by atoms with van der Waals surface area (Å²) in [5, 5.41) is 3.57. The van der Waals surface area contributed by atoms with E-state index in [1.54, 1.807) is 0 Å². The molecule has 2 unspecified atom stereocenters. The van der Waals surface area contributed by atoms with Crippen LogP contribution in [0, 0.1) is 18.8 Å². The molecule has 4 rings (SSSR count). The molecule has 20 heavy (non-hydrogen) atoms. The molecule has 3 aliphatic rings. The Hall–Kier alpha value is -1.09. The molecule has 0 radical (unpaired) electrons. The first-order valence-electron chi connectivity index (χ1n) is 8.23. The maximum Gasteiger partial charge on any atom is 0.131 e. The Bertz CT molecular complexity index is 483. The summed E-state index contributed by atoms with van der Waals surface area (Å²) in [5.74, 6) is 3.11. The van der Waals surface area contributed by atoms with Gasteiger partial charge in [0.25, 0.3) is 0 Å². The molecule has 0 amide bonds. The zero-order valence-corrected chi connectivity index (χ0v) is 12.4. The summed E-state index contributed by atoms with van der Waals surface area (Å²) >= 11 is 0. The second-order valence-corrected chi connectivity index (χ2v) is 7.00. The Morgan fingerprint density at radius 2 is 1.95 bits per heavy atom. The first kappa shape index (κ1) is 12.6. The van der Waals surface area contributed by atoms with Gasteiger partial charge in [-0.3, -0.25) is 0 Å². The number of hydrogen-bond donors (Lipinski definition) is 1. The lowest BCUT2D eigenvalue weighted by Gasteiger charge is -2.21. The van der Waals surface area contributed by atoms with Crippen LogP contribution in [0.3, 0.4) is 0 Å². The third-order valence-electron chi connectivity index (χ3n) is 5.31. The summed E-state index contributed by atoms with van der Waals surface area (Å²) in [6.07, 6.45) is 9.09. The van der Waals surface area contributed by atoms with Crippen LogP contribution in [-0.2, 0) is 6.54 Å². The fourth-order valence-corrected chi connectivity index (χ4v) is 4.01. The molecule has 2 aliphatic carbocycles. The molecule has 1 aromatic rings. The summed E-state index contributed by atoms with van der Waals surface area (Å²) in [6, 6.07) is 3.10. The molecule has 1 aromatic heterocycles. The van der Waals surface area contributed by atoms with E-state index >= 15 is 0 Å². The highest BCUT2D eigenvalue weighted by molar-refractivity contribution is 5.48. The lowest BCUT2D eigenvalue weighted by molar-refractivity contribution is 0.494. The van der Waals surface area contributed by atoms with Gasteiger partial charge in [0.2, 0.25) is 0 Å². The van der Waals surface area contributed by atoms with Gasteiger partial charge in [-0.05, 0) is 61.6 Å². The Kier molecular flexibility index (Phi) is 3.18. The van der Waals surface area contributed by atoms with Crippen LogP contribution in [0.2, 0.25) is 0 Å². The molecule has 2 atom stereocenters. The van der Waals surface area contributed by atoms with Gasteiger partial charge >= 0.3 is 0 Å². The highest BCUT2D eigenvalue weighted by Crippen LogP contribution is 2.39. The van der Waals surface area contributed by atoms with Crippen molar-refractivity contribution in [2.75, 3.05) is 18.0 Å². The monoisotopic (exact) mass is 271 g/mol. The second kappa shape index (κ2) is 5.03. The van der Waals surface area contributed by atoms with Gasteiger partial charge in [0.1, 0.15) is 5.82 Å². The van der Waals surface area contributed by atoms with E-state index in [-0.39, 0.29) is 0 Å². The number of nitrogens with zero attached hydrogens (tertiary/aromatic N) is 2. The van der Waals surface area contributed by atoms with Crippen molar-refractivity contribution in [1.82, 2.24) is 10.3 Å². The minimum Gasteiger partial charge on any atom is -0.356 e. The second-order valence-electron chi connectivity index (χ2n) is 7.00. The molecule has 1 saturated heterocycles. The van der Waals surface area contributed by atoms with Gasteiger partial charge in [-0.2, -0.15) is 0 Å². The summed E-state index contributed by atoms with van der Waals surface area (Å²) in [6.45, 7) is 5.66. The van der Waals surface area contributed by atoms with Gasteiger partial charge in [-0.1, -0.05) is 6.42 Å². The summed E-state index contributed by atoms with van der Waals surface area (Å²) in [5.41, 5.74) is 2.68. The van der Waals surface area contributed by atoms with Crippen LogP contribution in [0.1, 0.15) is 43.2 Å². The van der Waals surface area contributed by atoms with Gasteiger partial charge in [-0.15, -0.1) is 0 Å². The molecule has 0 bridgehead atoms. The predicted octanol–water partition coefficient (Wildman–Crippen LogP) is 2.88. The number of rotatable bonds is 4. The van der Waals surface area contributed by atoms with E-state index in [2.05, 4.69) is 29.4 Å². The Balaban J connectivity index is 1.45. The molecular weight excluding hydrogens is 246 g/mol. The first-order valence-corrected chi connectivity index (χ1v) is 8.23. The number of aromatic nitrogens is 1. The zero-order valence-electron chi connectivity index (χ0n) is 12.4. The molecule has 1 N–H and O–H groups in total. The number of fused-ring (bicyclic) bond motifs is 1. The predicted molar refractivity (Wildman–Crippen MR) is 81.9 cm³/mol. The van der Waals surface area contributed by atoms with Crippen LogP contribution in [0.4, 0.5) is 5.82 Å². The number of anilines is 1. The van der Waals surface area contributed by atoms with Gasteiger partial charge in [0, 0.05) is 31.9 Å². The van der Waals surface area contributed by atoms with Crippen LogP contribution >= 0.6 is 0 Å². The van der Waals surface area contributed by atoms with Crippen LogP contribution in [0.15, 0.2) is 12.3 Å². The van der Waals surface area contributed by atoms with Crippen molar-refractivity contribution in [3.8, 4) is 0 Å². The Morgan fingerprint density at radius 3 is 2.60 bits per heavy atom. The van der Waals surface area contributed by atoms with E-state index in [1.165, 1.54) is 62.1 Å².